The fourth-order valence-electron chi connectivity index (χ4n) is 3.10. The number of rotatable bonds is 4. The molecule has 0 bridgehead atoms. The van der Waals surface area contributed by atoms with E-state index in [1.54, 1.807) is 0 Å². The smallest absolute Gasteiger partial charge is 0.0537 e. The number of nitrogens with two attached hydrogens (primary N) is 1. The summed E-state index contributed by atoms with van der Waals surface area (Å²) in [4.78, 5) is 0. The van der Waals surface area contributed by atoms with E-state index in [4.69, 9.17) is 5.73 Å². The zero-order valence-electron chi connectivity index (χ0n) is 11.4. The van der Waals surface area contributed by atoms with E-state index in [0.717, 1.165) is 31.4 Å². The van der Waals surface area contributed by atoms with Crippen LogP contribution < -0.4 is 5.73 Å². The molecule has 3 rings (SSSR count). The lowest BCUT2D eigenvalue weighted by Gasteiger charge is -2.19. The lowest BCUT2D eigenvalue weighted by molar-refractivity contribution is 0.548. The second-order valence-electron chi connectivity index (χ2n) is 5.41. The highest BCUT2D eigenvalue weighted by Gasteiger charge is 2.28. The van der Waals surface area contributed by atoms with Gasteiger partial charge in [-0.3, -0.25) is 4.68 Å². The Morgan fingerprint density at radius 2 is 2.26 bits per heavy atom. The maximum Gasteiger partial charge on any atom is 0.0537 e. The summed E-state index contributed by atoms with van der Waals surface area (Å²) in [5, 5.41) is 4.39. The summed E-state index contributed by atoms with van der Waals surface area (Å²) in [7, 11) is 0. The van der Waals surface area contributed by atoms with E-state index in [2.05, 4.69) is 42.5 Å². The Bertz CT molecular complexity index is 559. The number of aryl methyl sites for hydroxylation is 2. The predicted molar refractivity (Wildman–Crippen MR) is 77.0 cm³/mol. The van der Waals surface area contributed by atoms with Crippen LogP contribution in [0.15, 0.2) is 36.7 Å². The molecule has 0 radical (unpaired) electrons. The average Bonchev–Trinajstić information content (AvgIpc) is 3.05. The average molecular weight is 255 g/mol. The molecule has 0 aliphatic heterocycles. The lowest BCUT2D eigenvalue weighted by atomic mass is 9.90. The minimum Gasteiger partial charge on any atom is -0.323 e. The van der Waals surface area contributed by atoms with Gasteiger partial charge in [0.05, 0.1) is 6.20 Å². The third-order valence-corrected chi connectivity index (χ3v) is 4.10. The van der Waals surface area contributed by atoms with Crippen molar-refractivity contribution in [1.82, 2.24) is 9.78 Å². The van der Waals surface area contributed by atoms with Crippen LogP contribution in [0.5, 0.6) is 0 Å². The quantitative estimate of drug-likeness (QED) is 0.912. The van der Waals surface area contributed by atoms with Gasteiger partial charge in [0.15, 0.2) is 0 Å². The molecule has 1 aliphatic carbocycles. The van der Waals surface area contributed by atoms with Crippen LogP contribution in [0, 0.1) is 0 Å². The fourth-order valence-corrected chi connectivity index (χ4v) is 3.10. The molecule has 2 aromatic rings. The Morgan fingerprint density at radius 1 is 1.42 bits per heavy atom. The first-order valence-corrected chi connectivity index (χ1v) is 7.15. The van der Waals surface area contributed by atoms with E-state index in [-0.39, 0.29) is 6.04 Å². The van der Waals surface area contributed by atoms with Crippen LogP contribution in [-0.4, -0.2) is 9.78 Å². The van der Waals surface area contributed by atoms with E-state index in [9.17, 15) is 0 Å². The van der Waals surface area contributed by atoms with Crippen molar-refractivity contribution < 1.29 is 0 Å². The molecule has 2 unspecified atom stereocenters. The maximum atomic E-state index is 6.47. The lowest BCUT2D eigenvalue weighted by Crippen LogP contribution is -2.17. The molecular weight excluding hydrogens is 234 g/mol. The maximum absolute atomic E-state index is 6.47. The largest absolute Gasteiger partial charge is 0.323 e. The Morgan fingerprint density at radius 3 is 3.11 bits per heavy atom. The topological polar surface area (TPSA) is 43.8 Å². The molecule has 1 aromatic heterocycles. The first kappa shape index (κ1) is 12.4. The summed E-state index contributed by atoms with van der Waals surface area (Å²) in [5.41, 5.74) is 10.5. The molecule has 19 heavy (non-hydrogen) atoms. The molecule has 0 saturated carbocycles. The van der Waals surface area contributed by atoms with Gasteiger partial charge in [-0.25, -0.2) is 0 Å². The Kier molecular flexibility index (Phi) is 3.38. The second kappa shape index (κ2) is 5.17. The third kappa shape index (κ3) is 2.30. The van der Waals surface area contributed by atoms with Crippen molar-refractivity contribution in [1.29, 1.82) is 0 Å². The van der Waals surface area contributed by atoms with Gasteiger partial charge in [0.2, 0.25) is 0 Å². The predicted octanol–water partition coefficient (Wildman–Crippen LogP) is 3.02. The Labute approximate surface area is 114 Å². The SMILES string of the molecule is CCCn1cc(C(N)C2CCc3ccccc32)cn1. The molecule has 0 spiro atoms. The van der Waals surface area contributed by atoms with Crippen molar-refractivity contribution >= 4 is 0 Å². The number of nitrogens with zero attached hydrogens (tertiary/aromatic N) is 2. The van der Waals surface area contributed by atoms with Crippen LogP contribution in [0.2, 0.25) is 0 Å². The summed E-state index contributed by atoms with van der Waals surface area (Å²) < 4.78 is 2.00. The van der Waals surface area contributed by atoms with Crippen molar-refractivity contribution in [3.63, 3.8) is 0 Å². The van der Waals surface area contributed by atoms with Gasteiger partial charge < -0.3 is 5.73 Å². The molecular formula is C16H21N3. The van der Waals surface area contributed by atoms with Crippen LogP contribution >= 0.6 is 0 Å². The highest BCUT2D eigenvalue weighted by Crippen LogP contribution is 2.40. The number of benzene rings is 1. The van der Waals surface area contributed by atoms with Crippen molar-refractivity contribution in [2.45, 2.75) is 44.7 Å². The minimum atomic E-state index is 0.0641. The van der Waals surface area contributed by atoms with Crippen LogP contribution in [-0.2, 0) is 13.0 Å². The zero-order valence-corrected chi connectivity index (χ0v) is 11.4. The number of aromatic nitrogens is 2. The van der Waals surface area contributed by atoms with Crippen LogP contribution in [0.3, 0.4) is 0 Å². The molecule has 0 fully saturated rings. The van der Waals surface area contributed by atoms with Gasteiger partial charge in [0, 0.05) is 30.3 Å². The van der Waals surface area contributed by atoms with Crippen LogP contribution in [0.1, 0.15) is 48.4 Å². The number of fused-ring (bicyclic) bond motifs is 1. The van der Waals surface area contributed by atoms with E-state index in [0.29, 0.717) is 5.92 Å². The second-order valence-corrected chi connectivity index (χ2v) is 5.41. The van der Waals surface area contributed by atoms with E-state index < -0.39 is 0 Å². The van der Waals surface area contributed by atoms with Gasteiger partial charge >= 0.3 is 0 Å². The van der Waals surface area contributed by atoms with Gasteiger partial charge in [-0.1, -0.05) is 31.2 Å². The zero-order chi connectivity index (χ0) is 13.2. The Hall–Kier alpha value is -1.61. The molecule has 100 valence electrons. The molecule has 3 heteroatoms. The van der Waals surface area contributed by atoms with Crippen molar-refractivity contribution in [2.24, 2.45) is 5.73 Å². The first-order chi connectivity index (χ1) is 9.29. The molecule has 2 atom stereocenters. The van der Waals surface area contributed by atoms with Crippen LogP contribution in [0.4, 0.5) is 0 Å². The summed E-state index contributed by atoms with van der Waals surface area (Å²) in [6.45, 7) is 3.13. The van der Waals surface area contributed by atoms with Crippen molar-refractivity contribution in [2.75, 3.05) is 0 Å². The summed E-state index contributed by atoms with van der Waals surface area (Å²) in [5.74, 6) is 0.440. The number of hydrogen-bond donors (Lipinski definition) is 1. The molecule has 3 nitrogen and oxygen atoms in total. The molecule has 2 N–H and O–H groups in total. The monoisotopic (exact) mass is 255 g/mol. The summed E-state index contributed by atoms with van der Waals surface area (Å²) in [6, 6.07) is 8.75. The highest BCUT2D eigenvalue weighted by atomic mass is 15.3. The van der Waals surface area contributed by atoms with Crippen molar-refractivity contribution in [3.8, 4) is 0 Å². The first-order valence-electron chi connectivity index (χ1n) is 7.15. The van der Waals surface area contributed by atoms with Gasteiger partial charge in [0.1, 0.15) is 0 Å². The third-order valence-electron chi connectivity index (χ3n) is 4.10. The van der Waals surface area contributed by atoms with Gasteiger partial charge in [-0.15, -0.1) is 0 Å². The van der Waals surface area contributed by atoms with Gasteiger partial charge in [-0.2, -0.15) is 5.10 Å². The van der Waals surface area contributed by atoms with Gasteiger partial charge in [-0.05, 0) is 30.4 Å². The highest BCUT2D eigenvalue weighted by molar-refractivity contribution is 5.37. The Balaban J connectivity index is 1.82. The van der Waals surface area contributed by atoms with Gasteiger partial charge in [0.25, 0.3) is 0 Å². The molecule has 1 aliphatic rings. The van der Waals surface area contributed by atoms with E-state index >= 15 is 0 Å². The van der Waals surface area contributed by atoms with E-state index in [1.165, 1.54) is 11.1 Å². The molecule has 1 heterocycles. The minimum absolute atomic E-state index is 0.0641. The number of hydrogen-bond acceptors (Lipinski definition) is 2. The van der Waals surface area contributed by atoms with E-state index in [1.807, 2.05) is 10.9 Å². The standard InChI is InChI=1S/C16H21N3/c1-2-9-19-11-13(10-18-19)16(17)15-8-7-12-5-3-4-6-14(12)15/h3-6,10-11,15-16H,2,7-9,17H2,1H3. The van der Waals surface area contributed by atoms with Crippen LogP contribution in [0.25, 0.3) is 0 Å². The normalized spacial score (nSPS) is 19.4. The fraction of sp³-hybridized carbons (Fsp3) is 0.438. The molecule has 0 saturated heterocycles. The van der Waals surface area contributed by atoms with Crippen molar-refractivity contribution in [3.05, 3.63) is 53.3 Å². The summed E-state index contributed by atoms with van der Waals surface area (Å²) >= 11 is 0. The summed E-state index contributed by atoms with van der Waals surface area (Å²) in [6.07, 6.45) is 7.44. The molecule has 1 aromatic carbocycles. The molecule has 0 amide bonds.